The van der Waals surface area contributed by atoms with E-state index < -0.39 is 0 Å². The van der Waals surface area contributed by atoms with Gasteiger partial charge in [0, 0.05) is 17.3 Å². The highest BCUT2D eigenvalue weighted by Gasteiger charge is 2.01. The first-order chi connectivity index (χ1) is 7.84. The van der Waals surface area contributed by atoms with Crippen molar-refractivity contribution >= 4 is 10.9 Å². The average molecular weight is 207 g/mol. The number of aryl methyl sites for hydroxylation is 1. The van der Waals surface area contributed by atoms with Gasteiger partial charge in [-0.15, -0.1) is 0 Å². The van der Waals surface area contributed by atoms with E-state index in [4.69, 9.17) is 0 Å². The first-order valence-corrected chi connectivity index (χ1v) is 5.25. The molecule has 0 N–H and O–H groups in total. The van der Waals surface area contributed by atoms with Gasteiger partial charge in [0.05, 0.1) is 17.4 Å². The van der Waals surface area contributed by atoms with Crippen LogP contribution in [-0.2, 0) is 0 Å². The molecule has 0 amide bonds. The van der Waals surface area contributed by atoms with Crippen molar-refractivity contribution in [1.29, 1.82) is 0 Å². The number of fused-ring (bicyclic) bond motifs is 1. The van der Waals surface area contributed by atoms with E-state index in [0.717, 1.165) is 11.4 Å². The van der Waals surface area contributed by atoms with Crippen LogP contribution in [0, 0.1) is 13.0 Å². The smallest absolute Gasteiger partial charge is 0.0639 e. The highest BCUT2D eigenvalue weighted by Crippen LogP contribution is 2.19. The molecule has 0 aliphatic heterocycles. The predicted octanol–water partition coefficient (Wildman–Crippen LogP) is 3.13. The Hall–Kier alpha value is -2.09. The lowest BCUT2D eigenvalue weighted by Gasteiger charge is -2.04. The Morgan fingerprint density at radius 3 is 2.94 bits per heavy atom. The minimum Gasteiger partial charge on any atom is -0.315 e. The van der Waals surface area contributed by atoms with Crippen LogP contribution < -0.4 is 0 Å². The van der Waals surface area contributed by atoms with Gasteiger partial charge in [0.1, 0.15) is 0 Å². The van der Waals surface area contributed by atoms with Crippen LogP contribution in [-0.4, -0.2) is 9.55 Å². The largest absolute Gasteiger partial charge is 0.315 e. The maximum atomic E-state index is 4.31. The molecule has 77 valence electrons. The molecule has 0 aliphatic carbocycles. The SMILES string of the molecule is Cc1ccc(-n2ccc3c[c]ccc32)cn1. The zero-order chi connectivity index (χ0) is 11.0. The Labute approximate surface area is 94.2 Å². The van der Waals surface area contributed by atoms with Gasteiger partial charge in [-0.3, -0.25) is 4.98 Å². The van der Waals surface area contributed by atoms with Crippen LogP contribution in [0.4, 0.5) is 0 Å². The number of benzene rings is 1. The molecule has 0 aliphatic rings. The highest BCUT2D eigenvalue weighted by atomic mass is 15.0. The second-order valence-corrected chi connectivity index (χ2v) is 3.83. The molecule has 0 bridgehead atoms. The monoisotopic (exact) mass is 207 g/mol. The molecular formula is C14H11N2. The lowest BCUT2D eigenvalue weighted by molar-refractivity contribution is 1.08. The number of aromatic nitrogens is 2. The van der Waals surface area contributed by atoms with Crippen LogP contribution in [0.3, 0.4) is 0 Å². The van der Waals surface area contributed by atoms with E-state index >= 15 is 0 Å². The molecule has 0 unspecified atom stereocenters. The van der Waals surface area contributed by atoms with Gasteiger partial charge in [-0.05, 0) is 43.3 Å². The summed E-state index contributed by atoms with van der Waals surface area (Å²) in [5.41, 5.74) is 3.31. The minimum absolute atomic E-state index is 1.04. The van der Waals surface area contributed by atoms with Crippen LogP contribution in [0.2, 0.25) is 0 Å². The van der Waals surface area contributed by atoms with E-state index in [1.807, 2.05) is 31.3 Å². The molecule has 2 aromatic heterocycles. The van der Waals surface area contributed by atoms with Crippen molar-refractivity contribution in [3.63, 3.8) is 0 Å². The molecule has 0 saturated heterocycles. The molecule has 3 aromatic rings. The summed E-state index contributed by atoms with van der Waals surface area (Å²) in [6.07, 6.45) is 3.95. The number of hydrogen-bond acceptors (Lipinski definition) is 1. The van der Waals surface area contributed by atoms with Gasteiger partial charge in [0.2, 0.25) is 0 Å². The fourth-order valence-electron chi connectivity index (χ4n) is 1.85. The normalized spacial score (nSPS) is 10.8. The van der Waals surface area contributed by atoms with Crippen LogP contribution in [0.1, 0.15) is 5.69 Å². The third-order valence-corrected chi connectivity index (χ3v) is 2.71. The molecule has 2 heterocycles. The molecule has 1 aromatic carbocycles. The first kappa shape index (κ1) is 9.16. The lowest BCUT2D eigenvalue weighted by Crippen LogP contribution is -1.93. The number of rotatable bonds is 1. The molecule has 0 spiro atoms. The Balaban J connectivity index is 2.22. The number of hydrogen-bond donors (Lipinski definition) is 0. The van der Waals surface area contributed by atoms with Crippen molar-refractivity contribution in [2.75, 3.05) is 0 Å². The van der Waals surface area contributed by atoms with E-state index in [-0.39, 0.29) is 0 Å². The van der Waals surface area contributed by atoms with Crippen molar-refractivity contribution in [3.05, 3.63) is 60.6 Å². The van der Waals surface area contributed by atoms with Crippen LogP contribution in [0.5, 0.6) is 0 Å². The molecule has 2 nitrogen and oxygen atoms in total. The fraction of sp³-hybridized carbons (Fsp3) is 0.0714. The Kier molecular flexibility index (Phi) is 2.00. The predicted molar refractivity (Wildman–Crippen MR) is 64.6 cm³/mol. The molecule has 16 heavy (non-hydrogen) atoms. The molecule has 3 rings (SSSR count). The fourth-order valence-corrected chi connectivity index (χ4v) is 1.85. The standard InChI is InChI=1S/C14H11N2/c1-11-6-7-13(10-15-11)16-9-8-12-4-2-3-5-14(12)16/h3-10H,1H3. The second kappa shape index (κ2) is 3.49. The maximum Gasteiger partial charge on any atom is 0.0639 e. The van der Waals surface area contributed by atoms with Crippen LogP contribution >= 0.6 is 0 Å². The van der Waals surface area contributed by atoms with Gasteiger partial charge in [0.25, 0.3) is 0 Å². The summed E-state index contributed by atoms with van der Waals surface area (Å²) in [6, 6.07) is 15.3. The van der Waals surface area contributed by atoms with Crippen molar-refractivity contribution in [3.8, 4) is 5.69 Å². The zero-order valence-corrected chi connectivity index (χ0v) is 9.01. The van der Waals surface area contributed by atoms with Crippen molar-refractivity contribution < 1.29 is 0 Å². The summed E-state index contributed by atoms with van der Waals surface area (Å²) < 4.78 is 2.13. The highest BCUT2D eigenvalue weighted by molar-refractivity contribution is 5.81. The minimum atomic E-state index is 1.04. The molecular weight excluding hydrogens is 196 g/mol. The summed E-state index contributed by atoms with van der Waals surface area (Å²) in [7, 11) is 0. The van der Waals surface area contributed by atoms with Gasteiger partial charge in [-0.25, -0.2) is 0 Å². The van der Waals surface area contributed by atoms with Gasteiger partial charge < -0.3 is 4.57 Å². The summed E-state index contributed by atoms with van der Waals surface area (Å²) in [5, 5.41) is 1.20. The van der Waals surface area contributed by atoms with Gasteiger partial charge in [-0.1, -0.05) is 6.07 Å². The van der Waals surface area contributed by atoms with Crippen molar-refractivity contribution in [2.24, 2.45) is 0 Å². The average Bonchev–Trinajstić information content (AvgIpc) is 2.74. The van der Waals surface area contributed by atoms with Gasteiger partial charge in [-0.2, -0.15) is 0 Å². The van der Waals surface area contributed by atoms with E-state index in [0.29, 0.717) is 0 Å². The van der Waals surface area contributed by atoms with Crippen molar-refractivity contribution in [2.45, 2.75) is 6.92 Å². The summed E-state index contributed by atoms with van der Waals surface area (Å²) in [6.45, 7) is 1.99. The quantitative estimate of drug-likeness (QED) is 0.599. The third kappa shape index (κ3) is 1.39. The second-order valence-electron chi connectivity index (χ2n) is 3.83. The van der Waals surface area contributed by atoms with Gasteiger partial charge >= 0.3 is 0 Å². The van der Waals surface area contributed by atoms with Crippen LogP contribution in [0.25, 0.3) is 16.6 Å². The van der Waals surface area contributed by atoms with E-state index in [9.17, 15) is 0 Å². The topological polar surface area (TPSA) is 17.8 Å². The maximum absolute atomic E-state index is 4.31. The third-order valence-electron chi connectivity index (χ3n) is 2.71. The molecule has 0 fully saturated rings. The Morgan fingerprint density at radius 1 is 1.19 bits per heavy atom. The number of pyridine rings is 1. The lowest BCUT2D eigenvalue weighted by atomic mass is 10.2. The molecule has 2 heteroatoms. The molecule has 0 saturated carbocycles. The van der Waals surface area contributed by atoms with Crippen molar-refractivity contribution in [1.82, 2.24) is 9.55 Å². The number of nitrogens with zero attached hydrogens (tertiary/aromatic N) is 2. The van der Waals surface area contributed by atoms with E-state index in [2.05, 4.69) is 40.0 Å². The van der Waals surface area contributed by atoms with E-state index in [1.54, 1.807) is 0 Å². The molecule has 0 atom stereocenters. The summed E-state index contributed by atoms with van der Waals surface area (Å²) >= 11 is 0. The summed E-state index contributed by atoms with van der Waals surface area (Å²) in [5.74, 6) is 0. The Bertz CT molecular complexity index is 621. The Morgan fingerprint density at radius 2 is 2.12 bits per heavy atom. The molecule has 1 radical (unpaired) electrons. The van der Waals surface area contributed by atoms with Gasteiger partial charge in [0.15, 0.2) is 0 Å². The van der Waals surface area contributed by atoms with Crippen LogP contribution in [0.15, 0.2) is 48.8 Å². The van der Waals surface area contributed by atoms with E-state index in [1.165, 1.54) is 10.9 Å². The zero-order valence-electron chi connectivity index (χ0n) is 9.01. The first-order valence-electron chi connectivity index (χ1n) is 5.25. The summed E-state index contributed by atoms with van der Waals surface area (Å²) in [4.78, 5) is 4.31.